The van der Waals surface area contributed by atoms with Crippen molar-refractivity contribution in [1.29, 1.82) is 0 Å². The van der Waals surface area contributed by atoms with Crippen molar-refractivity contribution in [3.63, 3.8) is 0 Å². The number of phenols is 1. The van der Waals surface area contributed by atoms with E-state index in [2.05, 4.69) is 6.58 Å². The molecule has 0 heterocycles. The monoisotopic (exact) mass is 194 g/mol. The lowest BCUT2D eigenvalue weighted by atomic mass is 10.0. The van der Waals surface area contributed by atoms with E-state index in [0.717, 1.165) is 0 Å². The van der Waals surface area contributed by atoms with Crippen LogP contribution in [-0.2, 0) is 11.4 Å². The number of aromatic hydroxyl groups is 1. The second-order valence-electron chi connectivity index (χ2n) is 2.79. The molecule has 0 spiro atoms. The van der Waals surface area contributed by atoms with E-state index in [1.165, 1.54) is 18.2 Å². The van der Waals surface area contributed by atoms with Gasteiger partial charge in [0.2, 0.25) is 0 Å². The first kappa shape index (κ1) is 10.3. The highest BCUT2D eigenvalue weighted by atomic mass is 16.4. The van der Waals surface area contributed by atoms with Gasteiger partial charge < -0.3 is 15.3 Å². The van der Waals surface area contributed by atoms with Gasteiger partial charge in [-0.3, -0.25) is 0 Å². The minimum absolute atomic E-state index is 0.0607. The van der Waals surface area contributed by atoms with Crippen LogP contribution in [-0.4, -0.2) is 21.3 Å². The minimum Gasteiger partial charge on any atom is -0.508 e. The number of rotatable bonds is 3. The molecule has 0 unspecified atom stereocenters. The maximum Gasteiger partial charge on any atom is 0.335 e. The fraction of sp³-hybridized carbons (Fsp3) is 0.100. The van der Waals surface area contributed by atoms with E-state index in [-0.39, 0.29) is 23.5 Å². The number of aliphatic hydroxyl groups excluding tert-OH is 1. The predicted molar refractivity (Wildman–Crippen MR) is 50.7 cm³/mol. The maximum atomic E-state index is 10.6. The zero-order chi connectivity index (χ0) is 10.7. The molecule has 0 atom stereocenters. The van der Waals surface area contributed by atoms with Crippen molar-refractivity contribution in [1.82, 2.24) is 0 Å². The number of carbonyl (C=O) groups is 1. The van der Waals surface area contributed by atoms with Gasteiger partial charge in [0.1, 0.15) is 5.75 Å². The Hall–Kier alpha value is -1.81. The Morgan fingerprint density at radius 2 is 2.07 bits per heavy atom. The lowest BCUT2D eigenvalue weighted by Gasteiger charge is -2.04. The van der Waals surface area contributed by atoms with Gasteiger partial charge in [-0.1, -0.05) is 12.6 Å². The van der Waals surface area contributed by atoms with Gasteiger partial charge in [-0.05, 0) is 17.7 Å². The number of carboxylic acids is 1. The highest BCUT2D eigenvalue weighted by Gasteiger charge is 2.09. The normalized spacial score (nSPS) is 9.79. The molecule has 0 radical (unpaired) electrons. The van der Waals surface area contributed by atoms with Crippen LogP contribution >= 0.6 is 0 Å². The third-order valence-electron chi connectivity index (χ3n) is 1.86. The van der Waals surface area contributed by atoms with E-state index in [4.69, 9.17) is 10.2 Å². The molecule has 0 saturated heterocycles. The molecule has 1 aromatic carbocycles. The molecule has 14 heavy (non-hydrogen) atoms. The maximum absolute atomic E-state index is 10.6. The van der Waals surface area contributed by atoms with Crippen molar-refractivity contribution >= 4 is 11.5 Å². The average Bonchev–Trinajstić information content (AvgIpc) is 2.17. The zero-order valence-corrected chi connectivity index (χ0v) is 7.40. The van der Waals surface area contributed by atoms with Crippen LogP contribution in [0.5, 0.6) is 5.75 Å². The first-order valence-electron chi connectivity index (χ1n) is 3.91. The summed E-state index contributed by atoms with van der Waals surface area (Å²) in [6.45, 7) is 3.03. The van der Waals surface area contributed by atoms with Crippen LogP contribution in [0.15, 0.2) is 24.8 Å². The smallest absolute Gasteiger partial charge is 0.335 e. The van der Waals surface area contributed by atoms with Crippen LogP contribution < -0.4 is 0 Å². The van der Waals surface area contributed by atoms with Crippen LogP contribution in [0.25, 0.3) is 5.57 Å². The first-order valence-corrected chi connectivity index (χ1v) is 3.91. The average molecular weight is 194 g/mol. The van der Waals surface area contributed by atoms with Gasteiger partial charge in [-0.15, -0.1) is 0 Å². The number of carboxylic acid groups (broad SMARTS) is 1. The van der Waals surface area contributed by atoms with Crippen LogP contribution in [0.1, 0.15) is 11.1 Å². The summed E-state index contributed by atoms with van der Waals surface area (Å²) >= 11 is 0. The zero-order valence-electron chi connectivity index (χ0n) is 7.40. The van der Waals surface area contributed by atoms with Crippen molar-refractivity contribution in [2.45, 2.75) is 6.61 Å². The molecular formula is C10H10O4. The van der Waals surface area contributed by atoms with Crippen molar-refractivity contribution in [3.05, 3.63) is 35.9 Å². The van der Waals surface area contributed by atoms with E-state index >= 15 is 0 Å². The van der Waals surface area contributed by atoms with Crippen LogP contribution in [0.4, 0.5) is 0 Å². The van der Waals surface area contributed by atoms with E-state index < -0.39 is 5.97 Å². The SMILES string of the molecule is C=C(C(=O)O)c1ccc(O)c(CO)c1. The Balaban J connectivity index is 3.12. The second kappa shape index (κ2) is 3.93. The number of hydrogen-bond donors (Lipinski definition) is 3. The number of aliphatic carboxylic acids is 1. The molecule has 3 N–H and O–H groups in total. The largest absolute Gasteiger partial charge is 0.508 e. The molecule has 0 aliphatic rings. The Morgan fingerprint density at radius 1 is 1.43 bits per heavy atom. The Labute approximate surface area is 80.7 Å². The molecule has 4 heteroatoms. The first-order chi connectivity index (χ1) is 6.56. The molecule has 0 bridgehead atoms. The molecule has 1 rings (SSSR count). The molecule has 0 aromatic heterocycles. The fourth-order valence-corrected chi connectivity index (χ4v) is 1.02. The summed E-state index contributed by atoms with van der Waals surface area (Å²) in [4.78, 5) is 10.6. The van der Waals surface area contributed by atoms with Gasteiger partial charge in [-0.2, -0.15) is 0 Å². The van der Waals surface area contributed by atoms with Crippen LogP contribution in [0.3, 0.4) is 0 Å². The van der Waals surface area contributed by atoms with Crippen molar-refractivity contribution in [2.24, 2.45) is 0 Å². The van der Waals surface area contributed by atoms with Gasteiger partial charge in [0.25, 0.3) is 0 Å². The van der Waals surface area contributed by atoms with Crippen molar-refractivity contribution < 1.29 is 20.1 Å². The minimum atomic E-state index is -1.13. The standard InChI is InChI=1S/C10H10O4/c1-6(10(13)14)7-2-3-9(12)8(4-7)5-11/h2-4,11-12H,1,5H2,(H,13,14). The van der Waals surface area contributed by atoms with Crippen molar-refractivity contribution in [3.8, 4) is 5.75 Å². The number of aliphatic hydroxyl groups is 1. The third kappa shape index (κ3) is 1.92. The number of hydrogen-bond acceptors (Lipinski definition) is 3. The lowest BCUT2D eigenvalue weighted by molar-refractivity contribution is -0.130. The fourth-order valence-electron chi connectivity index (χ4n) is 1.02. The topological polar surface area (TPSA) is 77.8 Å². The van der Waals surface area contributed by atoms with Crippen molar-refractivity contribution in [2.75, 3.05) is 0 Å². The van der Waals surface area contributed by atoms with Gasteiger partial charge in [0, 0.05) is 5.56 Å². The molecule has 1 aromatic rings. The summed E-state index contributed by atoms with van der Waals surface area (Å²) in [6.07, 6.45) is 0. The highest BCUT2D eigenvalue weighted by molar-refractivity contribution is 6.14. The summed E-state index contributed by atoms with van der Waals surface area (Å²) in [5.74, 6) is -1.19. The van der Waals surface area contributed by atoms with E-state index in [9.17, 15) is 9.90 Å². The Kier molecular flexibility index (Phi) is 2.89. The Bertz CT molecular complexity index is 382. The summed E-state index contributed by atoms with van der Waals surface area (Å²) in [5, 5.41) is 26.7. The highest BCUT2D eigenvalue weighted by Crippen LogP contribution is 2.22. The predicted octanol–water partition coefficient (Wildman–Crippen LogP) is 0.982. The summed E-state index contributed by atoms with van der Waals surface area (Å²) in [5.41, 5.74) is 0.587. The summed E-state index contributed by atoms with van der Waals surface area (Å²) < 4.78 is 0. The lowest BCUT2D eigenvalue weighted by Crippen LogP contribution is -1.98. The van der Waals surface area contributed by atoms with Crippen LogP contribution in [0, 0.1) is 0 Å². The molecule has 4 nitrogen and oxygen atoms in total. The molecule has 0 saturated carbocycles. The van der Waals surface area contributed by atoms with E-state index in [0.29, 0.717) is 5.56 Å². The third-order valence-corrected chi connectivity index (χ3v) is 1.86. The van der Waals surface area contributed by atoms with Crippen LogP contribution in [0.2, 0.25) is 0 Å². The molecule has 0 aliphatic carbocycles. The molecule has 0 amide bonds. The summed E-state index contributed by atoms with van der Waals surface area (Å²) in [7, 11) is 0. The summed E-state index contributed by atoms with van der Waals surface area (Å²) in [6, 6.07) is 4.16. The molecular weight excluding hydrogens is 184 g/mol. The van der Waals surface area contributed by atoms with E-state index in [1.807, 2.05) is 0 Å². The van der Waals surface area contributed by atoms with Gasteiger partial charge in [-0.25, -0.2) is 4.79 Å². The van der Waals surface area contributed by atoms with Gasteiger partial charge >= 0.3 is 5.97 Å². The quantitative estimate of drug-likeness (QED) is 0.627. The van der Waals surface area contributed by atoms with Gasteiger partial charge in [0.05, 0.1) is 12.2 Å². The van der Waals surface area contributed by atoms with E-state index in [1.54, 1.807) is 0 Å². The molecule has 0 fully saturated rings. The molecule has 74 valence electrons. The number of benzene rings is 1. The van der Waals surface area contributed by atoms with Gasteiger partial charge in [0.15, 0.2) is 0 Å². The Morgan fingerprint density at radius 3 is 2.57 bits per heavy atom. The second-order valence-corrected chi connectivity index (χ2v) is 2.79. The molecule has 0 aliphatic heterocycles.